The van der Waals surface area contributed by atoms with Gasteiger partial charge in [0.2, 0.25) is 10.0 Å². The Morgan fingerprint density at radius 2 is 1.70 bits per heavy atom. The molecule has 8 heteroatoms. The lowest BCUT2D eigenvalue weighted by molar-refractivity contribution is -0.136. The Labute approximate surface area is 183 Å². The van der Waals surface area contributed by atoms with Gasteiger partial charge in [0.25, 0.3) is 0 Å². The number of hydrogen-bond donors (Lipinski definition) is 1. The van der Waals surface area contributed by atoms with Gasteiger partial charge in [0.15, 0.2) is 0 Å². The van der Waals surface area contributed by atoms with E-state index in [4.69, 9.17) is 16.7 Å². The summed E-state index contributed by atoms with van der Waals surface area (Å²) in [6, 6.07) is 12.0. The molecule has 3 rings (SSSR count). The normalized spacial score (nSPS) is 20.9. The molecule has 0 spiro atoms. The van der Waals surface area contributed by atoms with Crippen LogP contribution in [-0.4, -0.2) is 53.9 Å². The molecule has 1 fully saturated rings. The van der Waals surface area contributed by atoms with E-state index in [9.17, 15) is 13.2 Å². The molecule has 1 saturated heterocycles. The van der Waals surface area contributed by atoms with E-state index < -0.39 is 16.0 Å². The summed E-state index contributed by atoms with van der Waals surface area (Å²) in [4.78, 5) is 13.5. The van der Waals surface area contributed by atoms with E-state index >= 15 is 0 Å². The van der Waals surface area contributed by atoms with E-state index in [1.54, 1.807) is 23.4 Å². The smallest absolute Gasteiger partial charge is 0.307 e. The summed E-state index contributed by atoms with van der Waals surface area (Å²) in [7, 11) is -3.74. The van der Waals surface area contributed by atoms with E-state index in [-0.39, 0.29) is 23.4 Å². The molecule has 0 saturated carbocycles. The number of nitrogens with zero attached hydrogens (tertiary/aromatic N) is 2. The highest BCUT2D eigenvalue weighted by molar-refractivity contribution is 7.89. The second kappa shape index (κ2) is 9.06. The number of sulfonamides is 1. The first-order chi connectivity index (χ1) is 14.1. The van der Waals surface area contributed by atoms with Crippen molar-refractivity contribution in [3.8, 4) is 0 Å². The number of rotatable bonds is 6. The van der Waals surface area contributed by atoms with Gasteiger partial charge in [0, 0.05) is 36.7 Å². The van der Waals surface area contributed by atoms with Gasteiger partial charge in [-0.25, -0.2) is 8.42 Å². The van der Waals surface area contributed by atoms with Gasteiger partial charge in [0.1, 0.15) is 0 Å². The lowest BCUT2D eigenvalue weighted by atomic mass is 10.1. The zero-order valence-corrected chi connectivity index (χ0v) is 18.9. The Hall–Kier alpha value is -1.93. The molecular weight excluding hydrogens is 424 g/mol. The Bertz CT molecular complexity index is 1010. The molecule has 2 atom stereocenters. The molecule has 30 heavy (non-hydrogen) atoms. The summed E-state index contributed by atoms with van der Waals surface area (Å²) in [5.74, 6) is -0.981. The summed E-state index contributed by atoms with van der Waals surface area (Å²) in [5.41, 5.74) is 2.42. The summed E-state index contributed by atoms with van der Waals surface area (Å²) >= 11 is 5.96. The SMILES string of the molecule is Cc1ccc(S(=O)(=O)N2[C@H](C)CN(Cc3ccc(Cl)cc3)C[C@@H]2C)cc1CC(=O)O. The van der Waals surface area contributed by atoms with Crippen molar-refractivity contribution < 1.29 is 18.3 Å². The molecule has 0 unspecified atom stereocenters. The summed E-state index contributed by atoms with van der Waals surface area (Å²) in [6.07, 6.45) is -0.199. The second-order valence-corrected chi connectivity index (χ2v) is 10.3. The predicted molar refractivity (Wildman–Crippen MR) is 117 cm³/mol. The van der Waals surface area contributed by atoms with Gasteiger partial charge in [-0.05, 0) is 61.7 Å². The third-order valence-electron chi connectivity index (χ3n) is 5.47. The monoisotopic (exact) mass is 450 g/mol. The number of carboxylic acids is 1. The Kier molecular flexibility index (Phi) is 6.87. The van der Waals surface area contributed by atoms with Gasteiger partial charge < -0.3 is 5.11 Å². The number of hydrogen-bond acceptors (Lipinski definition) is 4. The molecule has 1 N–H and O–H groups in total. The maximum absolute atomic E-state index is 13.4. The van der Waals surface area contributed by atoms with Crippen LogP contribution in [0, 0.1) is 6.92 Å². The number of carbonyl (C=O) groups is 1. The molecule has 0 aliphatic carbocycles. The molecule has 0 amide bonds. The van der Waals surface area contributed by atoms with Crippen LogP contribution in [0.5, 0.6) is 0 Å². The van der Waals surface area contributed by atoms with Crippen LogP contribution < -0.4 is 0 Å². The molecule has 0 aromatic heterocycles. The van der Waals surface area contributed by atoms with Crippen molar-refractivity contribution in [2.24, 2.45) is 0 Å². The molecule has 1 aliphatic rings. The zero-order valence-electron chi connectivity index (χ0n) is 17.4. The fourth-order valence-corrected chi connectivity index (χ4v) is 6.13. The number of aliphatic carboxylic acids is 1. The van der Waals surface area contributed by atoms with Gasteiger partial charge >= 0.3 is 5.97 Å². The van der Waals surface area contributed by atoms with Crippen LogP contribution in [-0.2, 0) is 27.8 Å². The third kappa shape index (κ3) is 5.03. The van der Waals surface area contributed by atoms with E-state index in [1.165, 1.54) is 6.07 Å². The minimum absolute atomic E-state index is 0.147. The average molecular weight is 451 g/mol. The molecular formula is C22H27ClN2O4S. The average Bonchev–Trinajstić information content (AvgIpc) is 2.64. The number of piperazine rings is 1. The van der Waals surface area contributed by atoms with Gasteiger partial charge in [-0.3, -0.25) is 9.69 Å². The van der Waals surface area contributed by atoms with E-state index in [0.29, 0.717) is 23.7 Å². The lowest BCUT2D eigenvalue weighted by Gasteiger charge is -2.43. The molecule has 2 aromatic rings. The summed E-state index contributed by atoms with van der Waals surface area (Å²) in [6.45, 7) is 7.56. The van der Waals surface area contributed by atoms with Crippen LogP contribution in [0.25, 0.3) is 0 Å². The van der Waals surface area contributed by atoms with Crippen molar-refractivity contribution in [3.63, 3.8) is 0 Å². The van der Waals surface area contributed by atoms with E-state index in [1.807, 2.05) is 38.1 Å². The van der Waals surface area contributed by atoms with Crippen molar-refractivity contribution in [3.05, 3.63) is 64.2 Å². The highest BCUT2D eigenvalue weighted by Gasteiger charge is 2.38. The van der Waals surface area contributed by atoms with Crippen molar-refractivity contribution in [2.75, 3.05) is 13.1 Å². The number of benzene rings is 2. The number of halogens is 1. The van der Waals surface area contributed by atoms with Gasteiger partial charge in [-0.15, -0.1) is 0 Å². The number of carboxylic acid groups (broad SMARTS) is 1. The fraction of sp³-hybridized carbons (Fsp3) is 0.409. The fourth-order valence-electron chi connectivity index (χ4n) is 4.15. The Morgan fingerprint density at radius 1 is 1.10 bits per heavy atom. The topological polar surface area (TPSA) is 77.9 Å². The molecule has 1 aliphatic heterocycles. The quantitative estimate of drug-likeness (QED) is 0.728. The van der Waals surface area contributed by atoms with Crippen LogP contribution in [0.4, 0.5) is 0 Å². The highest BCUT2D eigenvalue weighted by atomic mass is 35.5. The third-order valence-corrected chi connectivity index (χ3v) is 7.85. The second-order valence-electron chi connectivity index (χ2n) is 8.01. The van der Waals surface area contributed by atoms with E-state index in [2.05, 4.69) is 4.90 Å². The van der Waals surface area contributed by atoms with Crippen LogP contribution in [0.1, 0.15) is 30.5 Å². The maximum Gasteiger partial charge on any atom is 0.307 e. The van der Waals surface area contributed by atoms with E-state index in [0.717, 1.165) is 17.7 Å². The minimum Gasteiger partial charge on any atom is -0.481 e. The zero-order chi connectivity index (χ0) is 22.1. The minimum atomic E-state index is -3.74. The van der Waals surface area contributed by atoms with Crippen LogP contribution in [0.3, 0.4) is 0 Å². The van der Waals surface area contributed by atoms with Gasteiger partial charge in [-0.1, -0.05) is 29.8 Å². The first-order valence-corrected chi connectivity index (χ1v) is 11.7. The number of aryl methyl sites for hydroxylation is 1. The molecule has 162 valence electrons. The largest absolute Gasteiger partial charge is 0.481 e. The molecule has 0 radical (unpaired) electrons. The lowest BCUT2D eigenvalue weighted by Crippen LogP contribution is -2.58. The Balaban J connectivity index is 1.80. The molecule has 6 nitrogen and oxygen atoms in total. The van der Waals surface area contributed by atoms with Crippen molar-refractivity contribution in [1.82, 2.24) is 9.21 Å². The first-order valence-electron chi connectivity index (χ1n) is 9.89. The van der Waals surface area contributed by atoms with Crippen LogP contribution >= 0.6 is 11.6 Å². The predicted octanol–water partition coefficient (Wildman–Crippen LogP) is 3.56. The van der Waals surface area contributed by atoms with Gasteiger partial charge in [-0.2, -0.15) is 4.31 Å². The van der Waals surface area contributed by atoms with Crippen molar-refractivity contribution in [2.45, 2.75) is 50.7 Å². The van der Waals surface area contributed by atoms with Crippen LogP contribution in [0.15, 0.2) is 47.4 Å². The summed E-state index contributed by atoms with van der Waals surface area (Å²) < 4.78 is 28.4. The highest BCUT2D eigenvalue weighted by Crippen LogP contribution is 2.27. The molecule has 2 aromatic carbocycles. The van der Waals surface area contributed by atoms with Crippen molar-refractivity contribution in [1.29, 1.82) is 0 Å². The van der Waals surface area contributed by atoms with Gasteiger partial charge in [0.05, 0.1) is 11.3 Å². The van der Waals surface area contributed by atoms with Crippen LogP contribution in [0.2, 0.25) is 5.02 Å². The van der Waals surface area contributed by atoms with Crippen molar-refractivity contribution >= 4 is 27.6 Å². The Morgan fingerprint density at radius 3 is 2.27 bits per heavy atom. The molecule has 1 heterocycles. The first kappa shape index (κ1) is 22.7. The maximum atomic E-state index is 13.4. The summed E-state index contributed by atoms with van der Waals surface area (Å²) in [5, 5.41) is 9.80. The standard InChI is InChI=1S/C22H27ClN2O4S/c1-15-4-9-21(10-19(15)11-22(26)27)30(28,29)25-16(2)12-24(13-17(25)3)14-18-5-7-20(23)8-6-18/h4-10,16-17H,11-14H2,1-3H3,(H,26,27)/t16-,17+. The molecule has 0 bridgehead atoms.